The number of aliphatic hydroxyl groups excluding tert-OH is 1. The van der Waals surface area contributed by atoms with E-state index in [1.54, 1.807) is 6.20 Å². The maximum atomic E-state index is 9.52. The van der Waals surface area contributed by atoms with Crippen molar-refractivity contribution in [2.45, 2.75) is 6.61 Å². The average Bonchev–Trinajstić information content (AvgIpc) is 3.07. The molecule has 0 aliphatic heterocycles. The molecule has 1 N–H and O–H groups in total. The molecule has 0 unspecified atom stereocenters. The number of thiazole rings is 1. The third kappa shape index (κ3) is 2.05. The molecular formula is C15H11N3O2S. The molecule has 0 spiro atoms. The van der Waals surface area contributed by atoms with Crippen LogP contribution in [0.15, 0.2) is 48.1 Å². The van der Waals surface area contributed by atoms with Gasteiger partial charge in [-0.05, 0) is 12.1 Å². The lowest BCUT2D eigenvalue weighted by molar-refractivity contribution is 0.270. The highest BCUT2D eigenvalue weighted by molar-refractivity contribution is 7.15. The van der Waals surface area contributed by atoms with E-state index in [0.717, 1.165) is 15.9 Å². The van der Waals surface area contributed by atoms with Gasteiger partial charge in [-0.25, -0.2) is 0 Å². The van der Waals surface area contributed by atoms with Crippen LogP contribution in [0.25, 0.3) is 15.9 Å². The van der Waals surface area contributed by atoms with Crippen LogP contribution in [0.5, 0.6) is 11.6 Å². The summed E-state index contributed by atoms with van der Waals surface area (Å²) >= 11 is 1.50. The van der Waals surface area contributed by atoms with Gasteiger partial charge >= 0.3 is 0 Å². The molecule has 0 amide bonds. The van der Waals surface area contributed by atoms with E-state index in [4.69, 9.17) is 4.74 Å². The number of pyridine rings is 1. The first kappa shape index (κ1) is 12.3. The Kier molecular flexibility index (Phi) is 2.83. The second kappa shape index (κ2) is 4.83. The third-order valence-electron chi connectivity index (χ3n) is 3.25. The number of nitrogens with zero attached hydrogens (tertiary/aromatic N) is 3. The molecule has 6 heteroatoms. The average molecular weight is 297 g/mol. The molecule has 0 bridgehead atoms. The van der Waals surface area contributed by atoms with Gasteiger partial charge in [-0.3, -0.25) is 9.38 Å². The summed E-state index contributed by atoms with van der Waals surface area (Å²) in [5, 5.41) is 12.4. The molecule has 3 heterocycles. The normalized spacial score (nSPS) is 11.3. The third-order valence-corrected chi connectivity index (χ3v) is 4.01. The van der Waals surface area contributed by atoms with Gasteiger partial charge < -0.3 is 9.84 Å². The second-order valence-corrected chi connectivity index (χ2v) is 5.42. The number of hydrogen-bond donors (Lipinski definition) is 1. The molecule has 0 aliphatic rings. The van der Waals surface area contributed by atoms with Crippen LogP contribution in [0.2, 0.25) is 0 Å². The Morgan fingerprint density at radius 3 is 3.10 bits per heavy atom. The highest BCUT2D eigenvalue weighted by Gasteiger charge is 2.14. The predicted octanol–water partition coefficient (Wildman–Crippen LogP) is 3.23. The first-order valence-corrected chi connectivity index (χ1v) is 7.31. The zero-order valence-corrected chi connectivity index (χ0v) is 11.7. The largest absolute Gasteiger partial charge is 0.435 e. The lowest BCUT2D eigenvalue weighted by Gasteiger charge is -2.05. The summed E-state index contributed by atoms with van der Waals surface area (Å²) in [4.78, 5) is 9.54. The second-order valence-electron chi connectivity index (χ2n) is 4.54. The molecule has 104 valence electrons. The number of benzene rings is 1. The molecule has 0 atom stereocenters. The summed E-state index contributed by atoms with van der Waals surface area (Å²) in [5.74, 6) is 1.02. The fourth-order valence-electron chi connectivity index (χ4n) is 2.26. The van der Waals surface area contributed by atoms with E-state index >= 15 is 0 Å². The first-order valence-electron chi connectivity index (χ1n) is 6.43. The fraction of sp³-hybridized carbons (Fsp3) is 0.0667. The molecule has 0 saturated carbocycles. The molecule has 5 nitrogen and oxygen atoms in total. The SMILES string of the molecule is OCc1c(Oc2cnc3ccccc3c2)nc2sccn12. The first-order chi connectivity index (χ1) is 10.3. The minimum absolute atomic E-state index is 0.131. The molecule has 1 aromatic carbocycles. The summed E-state index contributed by atoms with van der Waals surface area (Å²) < 4.78 is 7.63. The van der Waals surface area contributed by atoms with E-state index in [0.29, 0.717) is 17.3 Å². The number of imidazole rings is 1. The Hall–Kier alpha value is -2.44. The number of fused-ring (bicyclic) bond motifs is 2. The van der Waals surface area contributed by atoms with Gasteiger partial charge in [0.05, 0.1) is 18.3 Å². The molecule has 4 rings (SSSR count). The van der Waals surface area contributed by atoms with Crippen LogP contribution in [0.1, 0.15) is 5.69 Å². The van der Waals surface area contributed by atoms with Crippen molar-refractivity contribution in [2.24, 2.45) is 0 Å². The lowest BCUT2D eigenvalue weighted by Crippen LogP contribution is -1.94. The number of aromatic nitrogens is 3. The van der Waals surface area contributed by atoms with Gasteiger partial charge in [-0.2, -0.15) is 4.98 Å². The molecule has 21 heavy (non-hydrogen) atoms. The van der Waals surface area contributed by atoms with Crippen molar-refractivity contribution in [1.29, 1.82) is 0 Å². The summed E-state index contributed by atoms with van der Waals surface area (Å²) in [6, 6.07) is 9.75. The van der Waals surface area contributed by atoms with Crippen LogP contribution in [0.4, 0.5) is 0 Å². The van der Waals surface area contributed by atoms with Crippen LogP contribution in [0, 0.1) is 0 Å². The van der Waals surface area contributed by atoms with Crippen LogP contribution in [0.3, 0.4) is 0 Å². The van der Waals surface area contributed by atoms with Crippen molar-refractivity contribution >= 4 is 27.2 Å². The van der Waals surface area contributed by atoms with E-state index in [2.05, 4.69) is 9.97 Å². The van der Waals surface area contributed by atoms with Gasteiger partial charge in [0.1, 0.15) is 11.4 Å². The number of rotatable bonds is 3. The van der Waals surface area contributed by atoms with Crippen molar-refractivity contribution < 1.29 is 9.84 Å². The van der Waals surface area contributed by atoms with E-state index in [-0.39, 0.29) is 6.61 Å². The van der Waals surface area contributed by atoms with E-state index in [9.17, 15) is 5.11 Å². The van der Waals surface area contributed by atoms with Crippen molar-refractivity contribution in [3.8, 4) is 11.6 Å². The van der Waals surface area contributed by atoms with Crippen molar-refractivity contribution in [1.82, 2.24) is 14.4 Å². The van der Waals surface area contributed by atoms with Gasteiger partial charge in [0.2, 0.25) is 5.88 Å². The smallest absolute Gasteiger partial charge is 0.244 e. The molecule has 0 saturated heterocycles. The Bertz CT molecular complexity index is 929. The van der Waals surface area contributed by atoms with E-state index < -0.39 is 0 Å². The summed E-state index contributed by atoms with van der Waals surface area (Å²) in [6.45, 7) is -0.131. The Balaban J connectivity index is 1.76. The van der Waals surface area contributed by atoms with Crippen molar-refractivity contribution in [3.63, 3.8) is 0 Å². The molecule has 0 fully saturated rings. The number of hydrogen-bond acceptors (Lipinski definition) is 5. The fourth-order valence-corrected chi connectivity index (χ4v) is 2.98. The Morgan fingerprint density at radius 1 is 1.29 bits per heavy atom. The van der Waals surface area contributed by atoms with E-state index in [1.165, 1.54) is 11.3 Å². The number of aliphatic hydroxyl groups is 1. The zero-order chi connectivity index (χ0) is 14.2. The molecule has 4 aromatic rings. The van der Waals surface area contributed by atoms with Crippen molar-refractivity contribution in [2.75, 3.05) is 0 Å². The molecular weight excluding hydrogens is 286 g/mol. The van der Waals surface area contributed by atoms with Gasteiger partial charge in [-0.15, -0.1) is 11.3 Å². The monoisotopic (exact) mass is 297 g/mol. The predicted molar refractivity (Wildman–Crippen MR) is 80.8 cm³/mol. The number of para-hydroxylation sites is 1. The maximum absolute atomic E-state index is 9.52. The topological polar surface area (TPSA) is 59.7 Å². The van der Waals surface area contributed by atoms with Gasteiger partial charge in [0.25, 0.3) is 0 Å². The highest BCUT2D eigenvalue weighted by atomic mass is 32.1. The van der Waals surface area contributed by atoms with Crippen LogP contribution in [-0.2, 0) is 6.61 Å². The highest BCUT2D eigenvalue weighted by Crippen LogP contribution is 2.28. The minimum atomic E-state index is -0.131. The van der Waals surface area contributed by atoms with Gasteiger partial charge in [-0.1, -0.05) is 18.2 Å². The summed E-state index contributed by atoms with van der Waals surface area (Å²) in [7, 11) is 0. The standard InChI is InChI=1S/C15H11N3O2S/c19-9-13-14(17-15-18(13)5-6-21-15)20-11-7-10-3-1-2-4-12(10)16-8-11/h1-8,19H,9H2. The van der Waals surface area contributed by atoms with E-state index in [1.807, 2.05) is 46.3 Å². The Labute approximate surface area is 124 Å². The molecule has 0 aliphatic carbocycles. The Morgan fingerprint density at radius 2 is 2.19 bits per heavy atom. The van der Waals surface area contributed by atoms with Crippen LogP contribution >= 0.6 is 11.3 Å². The quantitative estimate of drug-likeness (QED) is 0.630. The van der Waals surface area contributed by atoms with Crippen LogP contribution in [-0.4, -0.2) is 19.5 Å². The molecule has 3 aromatic heterocycles. The summed E-state index contributed by atoms with van der Waals surface area (Å²) in [5.41, 5.74) is 1.55. The summed E-state index contributed by atoms with van der Waals surface area (Å²) in [6.07, 6.45) is 3.53. The minimum Gasteiger partial charge on any atom is -0.435 e. The number of ether oxygens (including phenoxy) is 1. The lowest BCUT2D eigenvalue weighted by atomic mass is 10.2. The van der Waals surface area contributed by atoms with Crippen molar-refractivity contribution in [3.05, 3.63) is 53.8 Å². The molecule has 0 radical (unpaired) electrons. The van der Waals surface area contributed by atoms with Gasteiger partial charge in [0, 0.05) is 17.0 Å². The zero-order valence-electron chi connectivity index (χ0n) is 10.9. The van der Waals surface area contributed by atoms with Gasteiger partial charge in [0.15, 0.2) is 4.96 Å². The van der Waals surface area contributed by atoms with Crippen LogP contribution < -0.4 is 4.74 Å². The maximum Gasteiger partial charge on any atom is 0.244 e.